The summed E-state index contributed by atoms with van der Waals surface area (Å²) in [5.41, 5.74) is 6.74. The highest BCUT2D eigenvalue weighted by Crippen LogP contribution is 2.26. The molecule has 6 heteroatoms. The lowest BCUT2D eigenvalue weighted by Gasteiger charge is -2.09. The fraction of sp³-hybridized carbons (Fsp3) is 0.500. The van der Waals surface area contributed by atoms with Crippen LogP contribution in [0.25, 0.3) is 11.0 Å². The first-order chi connectivity index (χ1) is 7.54. The fourth-order valence-corrected chi connectivity index (χ4v) is 2.36. The van der Waals surface area contributed by atoms with Crippen LogP contribution < -0.4 is 5.73 Å². The molecule has 2 heterocycles. The van der Waals surface area contributed by atoms with Crippen LogP contribution in [0.3, 0.4) is 0 Å². The number of rotatable bonds is 2. The number of aryl methyl sites for hydroxylation is 1. The van der Waals surface area contributed by atoms with E-state index < -0.39 is 0 Å². The van der Waals surface area contributed by atoms with E-state index in [0.29, 0.717) is 17.7 Å². The van der Waals surface area contributed by atoms with Crippen molar-refractivity contribution >= 4 is 39.4 Å². The SMILES string of the molecule is CC[C@H](C)n1nc(I)c2c(N)nc(C)nc21. The number of aromatic nitrogens is 4. The first-order valence-corrected chi connectivity index (χ1v) is 6.30. The summed E-state index contributed by atoms with van der Waals surface area (Å²) in [5.74, 6) is 1.20. The molecule has 0 bridgehead atoms. The summed E-state index contributed by atoms with van der Waals surface area (Å²) < 4.78 is 2.80. The maximum atomic E-state index is 5.90. The molecule has 0 saturated carbocycles. The Balaban J connectivity index is 2.78. The van der Waals surface area contributed by atoms with E-state index in [-0.39, 0.29) is 0 Å². The van der Waals surface area contributed by atoms with Crippen molar-refractivity contribution in [3.05, 3.63) is 9.53 Å². The van der Waals surface area contributed by atoms with Crippen LogP contribution in [0.4, 0.5) is 5.82 Å². The third kappa shape index (κ3) is 1.74. The number of nitrogen functional groups attached to an aromatic ring is 1. The molecule has 0 amide bonds. The van der Waals surface area contributed by atoms with Crippen molar-refractivity contribution < 1.29 is 0 Å². The van der Waals surface area contributed by atoms with Gasteiger partial charge in [-0.1, -0.05) is 6.92 Å². The van der Waals surface area contributed by atoms with Crippen LogP contribution in [-0.2, 0) is 0 Å². The van der Waals surface area contributed by atoms with Crippen LogP contribution in [0.1, 0.15) is 32.1 Å². The Morgan fingerprint density at radius 3 is 2.75 bits per heavy atom. The fourth-order valence-electron chi connectivity index (χ4n) is 1.61. The summed E-state index contributed by atoms with van der Waals surface area (Å²) in [5, 5.41) is 5.35. The standard InChI is InChI=1S/C10H14IN5/c1-4-5(2)16-10-7(8(11)15-16)9(12)13-6(3)14-10/h5H,4H2,1-3H3,(H2,12,13,14)/t5-/m0/s1. The van der Waals surface area contributed by atoms with Crippen LogP contribution in [0.5, 0.6) is 0 Å². The van der Waals surface area contributed by atoms with Gasteiger partial charge in [0, 0.05) is 0 Å². The molecule has 5 nitrogen and oxygen atoms in total. The van der Waals surface area contributed by atoms with Gasteiger partial charge in [0.25, 0.3) is 0 Å². The van der Waals surface area contributed by atoms with Crippen molar-refractivity contribution in [3.63, 3.8) is 0 Å². The van der Waals surface area contributed by atoms with Gasteiger partial charge in [-0.05, 0) is 42.9 Å². The van der Waals surface area contributed by atoms with Gasteiger partial charge in [-0.25, -0.2) is 14.6 Å². The number of hydrogen-bond acceptors (Lipinski definition) is 4. The zero-order valence-electron chi connectivity index (χ0n) is 9.53. The highest BCUT2D eigenvalue weighted by atomic mass is 127. The van der Waals surface area contributed by atoms with Crippen molar-refractivity contribution in [3.8, 4) is 0 Å². The van der Waals surface area contributed by atoms with Gasteiger partial charge >= 0.3 is 0 Å². The monoisotopic (exact) mass is 331 g/mol. The lowest BCUT2D eigenvalue weighted by Crippen LogP contribution is -2.07. The van der Waals surface area contributed by atoms with Gasteiger partial charge in [-0.3, -0.25) is 0 Å². The molecular weight excluding hydrogens is 317 g/mol. The number of anilines is 1. The molecular formula is C10H14IN5. The molecule has 2 rings (SSSR count). The quantitative estimate of drug-likeness (QED) is 0.858. The third-order valence-corrected chi connectivity index (χ3v) is 3.41. The summed E-state index contributed by atoms with van der Waals surface area (Å²) in [6, 6.07) is 0.319. The minimum atomic E-state index is 0.319. The zero-order valence-corrected chi connectivity index (χ0v) is 11.7. The first kappa shape index (κ1) is 11.6. The van der Waals surface area contributed by atoms with Crippen molar-refractivity contribution in [1.29, 1.82) is 0 Å². The Hall–Kier alpha value is -0.920. The van der Waals surface area contributed by atoms with Crippen LogP contribution in [0, 0.1) is 10.6 Å². The minimum Gasteiger partial charge on any atom is -0.383 e. The second kappa shape index (κ2) is 4.15. The van der Waals surface area contributed by atoms with E-state index >= 15 is 0 Å². The van der Waals surface area contributed by atoms with Crippen molar-refractivity contribution in [2.45, 2.75) is 33.2 Å². The van der Waals surface area contributed by atoms with Crippen molar-refractivity contribution in [2.24, 2.45) is 0 Å². The largest absolute Gasteiger partial charge is 0.383 e. The Kier molecular flexibility index (Phi) is 3.00. The molecule has 0 aliphatic heterocycles. The highest BCUT2D eigenvalue weighted by Gasteiger charge is 2.17. The maximum absolute atomic E-state index is 5.90. The van der Waals surface area contributed by atoms with Crippen LogP contribution in [0.2, 0.25) is 0 Å². The minimum absolute atomic E-state index is 0.319. The summed E-state index contributed by atoms with van der Waals surface area (Å²) in [7, 11) is 0. The number of nitrogens with zero attached hydrogens (tertiary/aromatic N) is 4. The molecule has 0 saturated heterocycles. The molecule has 2 aromatic heterocycles. The van der Waals surface area contributed by atoms with Crippen molar-refractivity contribution in [1.82, 2.24) is 19.7 Å². The van der Waals surface area contributed by atoms with Crippen LogP contribution in [0.15, 0.2) is 0 Å². The van der Waals surface area contributed by atoms with Gasteiger partial charge < -0.3 is 5.73 Å². The zero-order chi connectivity index (χ0) is 11.9. The number of fused-ring (bicyclic) bond motifs is 1. The van der Waals surface area contributed by atoms with E-state index in [9.17, 15) is 0 Å². The second-order valence-corrected chi connectivity index (χ2v) is 4.87. The van der Waals surface area contributed by atoms with Gasteiger partial charge in [-0.15, -0.1) is 0 Å². The average molecular weight is 331 g/mol. The summed E-state index contributed by atoms with van der Waals surface area (Å²) >= 11 is 2.17. The van der Waals surface area contributed by atoms with E-state index in [4.69, 9.17) is 5.73 Å². The molecule has 0 aromatic carbocycles. The van der Waals surface area contributed by atoms with Gasteiger partial charge in [0.05, 0.1) is 11.4 Å². The molecule has 2 aromatic rings. The van der Waals surface area contributed by atoms with E-state index in [1.165, 1.54) is 0 Å². The average Bonchev–Trinajstić information content (AvgIpc) is 2.54. The molecule has 0 fully saturated rings. The molecule has 0 spiro atoms. The Labute approximate surface area is 108 Å². The molecule has 0 radical (unpaired) electrons. The molecule has 0 aliphatic rings. The third-order valence-electron chi connectivity index (χ3n) is 2.66. The molecule has 0 aliphatic carbocycles. The molecule has 16 heavy (non-hydrogen) atoms. The predicted molar refractivity (Wildman–Crippen MR) is 72.2 cm³/mol. The topological polar surface area (TPSA) is 69.6 Å². The Morgan fingerprint density at radius 2 is 2.12 bits per heavy atom. The van der Waals surface area contributed by atoms with Gasteiger partial charge in [-0.2, -0.15) is 5.10 Å². The molecule has 86 valence electrons. The van der Waals surface area contributed by atoms with Gasteiger partial charge in [0.15, 0.2) is 5.65 Å². The number of hydrogen-bond donors (Lipinski definition) is 1. The molecule has 0 unspecified atom stereocenters. The van der Waals surface area contributed by atoms with Crippen LogP contribution >= 0.6 is 22.6 Å². The second-order valence-electron chi connectivity index (χ2n) is 3.85. The highest BCUT2D eigenvalue weighted by molar-refractivity contribution is 14.1. The van der Waals surface area contributed by atoms with E-state index in [2.05, 4.69) is 51.5 Å². The molecule has 2 N–H and O–H groups in total. The normalized spacial score (nSPS) is 13.2. The van der Waals surface area contributed by atoms with E-state index in [1.54, 1.807) is 0 Å². The predicted octanol–water partition coefficient (Wildman–Crippen LogP) is 2.29. The van der Waals surface area contributed by atoms with Crippen LogP contribution in [-0.4, -0.2) is 19.7 Å². The van der Waals surface area contributed by atoms with Gasteiger partial charge in [0.1, 0.15) is 15.3 Å². The summed E-state index contributed by atoms with van der Waals surface area (Å²) in [6.07, 6.45) is 1.01. The summed E-state index contributed by atoms with van der Waals surface area (Å²) in [4.78, 5) is 8.60. The number of halogens is 1. The maximum Gasteiger partial charge on any atom is 0.165 e. The first-order valence-electron chi connectivity index (χ1n) is 5.22. The smallest absolute Gasteiger partial charge is 0.165 e. The van der Waals surface area contributed by atoms with Gasteiger partial charge in [0.2, 0.25) is 0 Å². The number of nitrogens with two attached hydrogens (primary N) is 1. The van der Waals surface area contributed by atoms with Crippen molar-refractivity contribution in [2.75, 3.05) is 5.73 Å². The lowest BCUT2D eigenvalue weighted by molar-refractivity contribution is 0.487. The molecule has 1 atom stereocenters. The summed E-state index contributed by atoms with van der Waals surface area (Å²) in [6.45, 7) is 6.09. The van der Waals surface area contributed by atoms with E-state index in [1.807, 2.05) is 11.6 Å². The lowest BCUT2D eigenvalue weighted by atomic mass is 10.2. The Bertz CT molecular complexity index is 533. The van der Waals surface area contributed by atoms with E-state index in [0.717, 1.165) is 21.2 Å². The Morgan fingerprint density at radius 1 is 1.44 bits per heavy atom.